The number of aliphatic hydroxyl groups excluding tert-OH is 1. The molecule has 2 atom stereocenters. The van der Waals surface area contributed by atoms with Crippen molar-refractivity contribution in [1.29, 1.82) is 0 Å². The number of nitrogens with zero attached hydrogens (tertiary/aromatic N) is 3. The maximum Gasteiger partial charge on any atom is 0.355 e. The number of carbonyl (C=O) groups is 3. The summed E-state index contributed by atoms with van der Waals surface area (Å²) in [7, 11) is 1.57. The largest absolute Gasteiger partial charge is 0.497 e. The fourth-order valence-electron chi connectivity index (χ4n) is 9.48. The van der Waals surface area contributed by atoms with Gasteiger partial charge in [0.15, 0.2) is 10.8 Å². The molecule has 2 aliphatic heterocycles. The smallest absolute Gasteiger partial charge is 0.355 e. The predicted octanol–water partition coefficient (Wildman–Crippen LogP) is 10.2. The number of thiazole rings is 1. The van der Waals surface area contributed by atoms with Gasteiger partial charge < -0.3 is 30.1 Å². The number of ether oxygens (including phenoxy) is 2. The first-order valence-electron chi connectivity index (χ1n) is 24.2. The maximum absolute atomic E-state index is 15.3. The molecule has 8 aromatic rings. The minimum Gasteiger partial charge on any atom is -0.497 e. The Balaban J connectivity index is 1.04. The third-order valence-corrected chi connectivity index (χ3v) is 15.2. The Morgan fingerprint density at radius 1 is 0.720 bits per heavy atom. The van der Waals surface area contributed by atoms with Crippen LogP contribution in [-0.2, 0) is 41.7 Å². The van der Waals surface area contributed by atoms with Crippen molar-refractivity contribution in [1.82, 2.24) is 15.2 Å². The Kier molecular flexibility index (Phi) is 15.1. The Labute approximate surface area is 443 Å². The number of nitrogens with one attached hydrogen (secondary N) is 2. The first-order valence-corrected chi connectivity index (χ1v) is 26.2. The molecule has 14 heteroatoms. The van der Waals surface area contributed by atoms with E-state index in [2.05, 4.69) is 47.0 Å². The molecule has 3 heterocycles. The summed E-state index contributed by atoms with van der Waals surface area (Å²) < 4.78 is 11.1. The van der Waals surface area contributed by atoms with E-state index in [-0.39, 0.29) is 36.1 Å². The lowest BCUT2D eigenvalue weighted by molar-refractivity contribution is -0.153. The number of carbonyl (C=O) groups excluding carboxylic acids is 3. The Morgan fingerprint density at radius 3 is 1.69 bits per heavy atom. The monoisotopic (exact) mass is 1030 g/mol. The van der Waals surface area contributed by atoms with Crippen LogP contribution in [-0.4, -0.2) is 69.4 Å². The molecule has 1 fully saturated rings. The van der Waals surface area contributed by atoms with Crippen molar-refractivity contribution in [2.24, 2.45) is 5.16 Å². The average Bonchev–Trinajstić information content (AvgIpc) is 3.96. The van der Waals surface area contributed by atoms with E-state index >= 15 is 4.79 Å². The standard InChI is InChI=1S/C61H51N5O7S2/c1-71-50-36-34-42(35-37-50)39-72-58(70)54-43(21-20-38-67)40-74-57-53(56(69)66(54)57)63-55(68)52(65-73-61(47-28-14-5-15-29-47,48-30-16-6-17-31-48)49-32-18-7-19-33-49)51-41-75-59(62-51)64-60(44-22-8-2-9-23-44,45-24-10-3-11-25-45)46-26-12-4-13-27-46/h2-37,41,53,57,67H,38-40H2,1H3,(H,62,64)(H,63,68)/b21-20-,65-52-/t53?,57-/m1/s1. The molecule has 0 aliphatic carbocycles. The van der Waals surface area contributed by atoms with Crippen LogP contribution in [0, 0.1) is 0 Å². The number of β-lactam (4-membered cyclic amide) rings is 1. The number of thioether (sulfide) groups is 1. The van der Waals surface area contributed by atoms with E-state index in [4.69, 9.17) is 24.5 Å². The van der Waals surface area contributed by atoms with Crippen molar-refractivity contribution in [3.63, 3.8) is 0 Å². The molecular formula is C61H51N5O7S2. The van der Waals surface area contributed by atoms with Crippen LogP contribution in [0.15, 0.2) is 240 Å². The summed E-state index contributed by atoms with van der Waals surface area (Å²) in [6.45, 7) is -0.338. The number of benzene rings is 7. The minimum atomic E-state index is -1.37. The second kappa shape index (κ2) is 22.7. The van der Waals surface area contributed by atoms with Gasteiger partial charge in [-0.05, 0) is 40.0 Å². The lowest BCUT2D eigenvalue weighted by Crippen LogP contribution is -2.71. The van der Waals surface area contributed by atoms with Gasteiger partial charge in [0, 0.05) is 27.8 Å². The molecule has 0 radical (unpaired) electrons. The van der Waals surface area contributed by atoms with E-state index in [0.717, 1.165) is 38.9 Å². The van der Waals surface area contributed by atoms with Gasteiger partial charge in [-0.15, -0.1) is 23.1 Å². The summed E-state index contributed by atoms with van der Waals surface area (Å²) in [5.41, 5.74) is 4.05. The summed E-state index contributed by atoms with van der Waals surface area (Å²) >= 11 is 2.66. The predicted molar refractivity (Wildman–Crippen MR) is 293 cm³/mol. The highest BCUT2D eigenvalue weighted by Crippen LogP contribution is 2.44. The number of hydrogen-bond acceptors (Lipinski definition) is 12. The lowest BCUT2D eigenvalue weighted by atomic mass is 9.77. The fraction of sp³-hybridized carbons (Fsp3) is 0.131. The molecular weight excluding hydrogens is 979 g/mol. The van der Waals surface area contributed by atoms with Crippen molar-refractivity contribution >= 4 is 51.7 Å². The van der Waals surface area contributed by atoms with E-state index in [9.17, 15) is 14.7 Å². The number of aliphatic hydroxyl groups is 1. The highest BCUT2D eigenvalue weighted by atomic mass is 32.2. The molecule has 374 valence electrons. The average molecular weight is 1030 g/mol. The van der Waals surface area contributed by atoms with Gasteiger partial charge in [0.2, 0.25) is 5.60 Å². The summed E-state index contributed by atoms with van der Waals surface area (Å²) in [4.78, 5) is 57.2. The van der Waals surface area contributed by atoms with Crippen LogP contribution in [0.5, 0.6) is 5.75 Å². The fourth-order valence-corrected chi connectivity index (χ4v) is 11.5. The second-order valence-electron chi connectivity index (χ2n) is 17.6. The molecule has 2 aliphatic rings. The van der Waals surface area contributed by atoms with Gasteiger partial charge in [-0.3, -0.25) is 14.5 Å². The van der Waals surface area contributed by atoms with E-state index in [1.165, 1.54) is 34.1 Å². The van der Waals surface area contributed by atoms with Crippen LogP contribution < -0.4 is 15.4 Å². The number of allylic oxidation sites excluding steroid dienone is 1. The molecule has 0 saturated carbocycles. The summed E-state index contributed by atoms with van der Waals surface area (Å²) in [6.07, 6.45) is 3.11. The van der Waals surface area contributed by atoms with Crippen LogP contribution in [0.3, 0.4) is 0 Å². The summed E-state index contributed by atoms with van der Waals surface area (Å²) in [5, 5.41) is 22.8. The Morgan fingerprint density at radius 2 is 1.21 bits per heavy atom. The van der Waals surface area contributed by atoms with E-state index < -0.39 is 40.3 Å². The number of hydrogen-bond donors (Lipinski definition) is 3. The second-order valence-corrected chi connectivity index (χ2v) is 19.5. The molecule has 12 nitrogen and oxygen atoms in total. The molecule has 2 amide bonds. The normalized spacial score (nSPS) is 15.7. The van der Waals surface area contributed by atoms with Gasteiger partial charge in [-0.2, -0.15) is 0 Å². The van der Waals surface area contributed by atoms with Crippen LogP contribution in [0.25, 0.3) is 0 Å². The Bertz CT molecular complexity index is 3150. The Hall–Kier alpha value is -8.56. The first kappa shape index (κ1) is 50.0. The van der Waals surface area contributed by atoms with Gasteiger partial charge >= 0.3 is 5.97 Å². The number of rotatable bonds is 19. The number of amides is 2. The number of oxime groups is 1. The number of anilines is 1. The van der Waals surface area contributed by atoms with Crippen LogP contribution in [0.4, 0.5) is 5.13 Å². The molecule has 1 saturated heterocycles. The first-order chi connectivity index (χ1) is 36.8. The van der Waals surface area contributed by atoms with Crippen LogP contribution in [0.2, 0.25) is 0 Å². The molecule has 75 heavy (non-hydrogen) atoms. The van der Waals surface area contributed by atoms with Crippen molar-refractivity contribution < 1.29 is 33.8 Å². The zero-order valence-electron chi connectivity index (χ0n) is 40.7. The molecule has 3 N–H and O–H groups in total. The molecule has 1 unspecified atom stereocenters. The van der Waals surface area contributed by atoms with Gasteiger partial charge in [0.25, 0.3) is 11.8 Å². The van der Waals surface area contributed by atoms with Gasteiger partial charge in [0.1, 0.15) is 40.7 Å². The van der Waals surface area contributed by atoms with E-state index in [1.807, 2.05) is 146 Å². The van der Waals surface area contributed by atoms with Crippen LogP contribution >= 0.6 is 23.1 Å². The molecule has 7 aromatic carbocycles. The number of fused-ring (bicyclic) bond motifs is 1. The third kappa shape index (κ3) is 10.1. The highest BCUT2D eigenvalue weighted by Gasteiger charge is 2.55. The lowest BCUT2D eigenvalue weighted by Gasteiger charge is -2.49. The number of aromatic nitrogens is 1. The number of esters is 1. The molecule has 0 bridgehead atoms. The summed E-state index contributed by atoms with van der Waals surface area (Å²) in [5.74, 6) is -1.04. The van der Waals surface area contributed by atoms with Gasteiger partial charge in [-0.1, -0.05) is 211 Å². The quantitative estimate of drug-likeness (QED) is 0.0235. The van der Waals surface area contributed by atoms with E-state index in [1.54, 1.807) is 42.8 Å². The van der Waals surface area contributed by atoms with Crippen molar-refractivity contribution in [3.8, 4) is 5.75 Å². The van der Waals surface area contributed by atoms with Crippen molar-refractivity contribution in [2.45, 2.75) is 29.2 Å². The summed E-state index contributed by atoms with van der Waals surface area (Å²) in [6, 6.07) is 65.4. The van der Waals surface area contributed by atoms with Crippen LogP contribution in [0.1, 0.15) is 44.6 Å². The van der Waals surface area contributed by atoms with Gasteiger partial charge in [0.05, 0.1) is 13.7 Å². The zero-order chi connectivity index (χ0) is 51.6. The minimum absolute atomic E-state index is 0.0389. The van der Waals surface area contributed by atoms with Gasteiger partial charge in [-0.25, -0.2) is 9.78 Å². The third-order valence-electron chi connectivity index (χ3n) is 13.1. The number of methoxy groups -OCH3 is 1. The zero-order valence-corrected chi connectivity index (χ0v) is 42.3. The van der Waals surface area contributed by atoms with Crippen molar-refractivity contribution in [2.75, 3.05) is 24.8 Å². The molecule has 0 spiro atoms. The molecule has 1 aromatic heterocycles. The highest BCUT2D eigenvalue weighted by molar-refractivity contribution is 8.00. The molecule has 10 rings (SSSR count). The van der Waals surface area contributed by atoms with E-state index in [0.29, 0.717) is 16.5 Å². The SMILES string of the molecule is COc1ccc(COC(=O)C2=C(/C=C\CO)CS[C@@H]3C(NC(=O)/C(=N\OC(c4ccccc4)(c4ccccc4)c4ccccc4)c4csc(NC(c5ccccc5)(c5ccccc5)c5ccccc5)n4)C(=O)N23)cc1. The maximum atomic E-state index is 15.3. The van der Waals surface area contributed by atoms with Crippen molar-refractivity contribution in [3.05, 3.63) is 280 Å². The topological polar surface area (TPSA) is 152 Å².